The monoisotopic (exact) mass is 558 g/mol. The van der Waals surface area contributed by atoms with Crippen molar-refractivity contribution in [2.75, 3.05) is 0 Å². The van der Waals surface area contributed by atoms with E-state index in [1.807, 2.05) is 0 Å². The van der Waals surface area contributed by atoms with Crippen LogP contribution < -0.4 is 0 Å². The third-order valence-corrected chi connectivity index (χ3v) is 3.67. The fourth-order valence-electron chi connectivity index (χ4n) is 1.71. The summed E-state index contributed by atoms with van der Waals surface area (Å²) < 4.78 is 258. The summed E-state index contributed by atoms with van der Waals surface area (Å²) in [5.41, 5.74) is 0. The highest BCUT2D eigenvalue weighted by molar-refractivity contribution is 5.80. The zero-order valence-electron chi connectivity index (χ0n) is 14.5. The van der Waals surface area contributed by atoms with Gasteiger partial charge in [0.1, 0.15) is 0 Å². The van der Waals surface area contributed by atoms with Crippen molar-refractivity contribution < 1.29 is 97.7 Å². The van der Waals surface area contributed by atoms with E-state index in [2.05, 4.69) is 0 Å². The Bertz CT molecular complexity index is 818. The average molecular weight is 558 g/mol. The number of alkyl halides is 19. The first-order valence-electron chi connectivity index (χ1n) is 7.03. The van der Waals surface area contributed by atoms with Crippen molar-refractivity contribution in [3.63, 3.8) is 0 Å². The van der Waals surface area contributed by atoms with Crippen LogP contribution in [0.5, 0.6) is 0 Å². The predicted octanol–water partition coefficient (Wildman–Crippen LogP) is 6.57. The highest BCUT2D eigenvalue weighted by atomic mass is 19.4. The first-order valence-corrected chi connectivity index (χ1v) is 7.03. The van der Waals surface area contributed by atoms with Crippen LogP contribution in [-0.4, -0.2) is 64.6 Å². The summed E-state index contributed by atoms with van der Waals surface area (Å²) in [6, 6.07) is 0. The van der Waals surface area contributed by atoms with E-state index in [0.717, 1.165) is 0 Å². The van der Waals surface area contributed by atoms with Crippen molar-refractivity contribution in [1.29, 1.82) is 0 Å². The Morgan fingerprint density at radius 1 is 0.471 bits per heavy atom. The van der Waals surface area contributed by atoms with E-state index in [1.165, 1.54) is 0 Å². The van der Waals surface area contributed by atoms with Crippen LogP contribution >= 0.6 is 0 Å². The number of carboxylic acid groups (broad SMARTS) is 1. The summed E-state index contributed by atoms with van der Waals surface area (Å²) in [5.74, 6) is -76.8. The molecule has 0 bridgehead atoms. The van der Waals surface area contributed by atoms with Crippen molar-refractivity contribution in [2.45, 2.75) is 53.6 Å². The molecule has 2 nitrogen and oxygen atoms in total. The lowest BCUT2D eigenvalue weighted by molar-refractivity contribution is -0.467. The fraction of sp³-hybridized carbons (Fsp3) is 0.750. The zero-order chi connectivity index (χ0) is 28.4. The third-order valence-electron chi connectivity index (χ3n) is 3.67. The number of rotatable bonds is 9. The number of carbonyl (C=O) groups is 1. The molecule has 0 fully saturated rings. The quantitative estimate of drug-likeness (QED) is 0.257. The standard InChI is InChI=1S/C12H2F20O2/c13-2(1-3(33)34)4(14,15)5(16,17)6(18,19)7(20,21)8(22,23)9(24,25)10(26,27)11(28,29)12(30,31)32/h1H,(H,33,34)/b2-1-. The molecule has 0 aliphatic rings. The molecule has 0 atom stereocenters. The van der Waals surface area contributed by atoms with Gasteiger partial charge in [-0.15, -0.1) is 0 Å². The lowest BCUT2D eigenvalue weighted by Gasteiger charge is -2.43. The van der Waals surface area contributed by atoms with E-state index in [4.69, 9.17) is 5.11 Å². The number of aliphatic carboxylic acids is 1. The van der Waals surface area contributed by atoms with Gasteiger partial charge in [-0.25, -0.2) is 9.18 Å². The summed E-state index contributed by atoms with van der Waals surface area (Å²) in [7, 11) is 0. The number of carboxylic acids is 1. The van der Waals surface area contributed by atoms with Crippen LogP contribution in [0, 0.1) is 0 Å². The Hall–Kier alpha value is -2.19. The number of allylic oxidation sites excluding steroid dienone is 1. The Kier molecular flexibility index (Phi) is 7.41. The van der Waals surface area contributed by atoms with Crippen molar-refractivity contribution in [3.05, 3.63) is 11.9 Å². The van der Waals surface area contributed by atoms with Crippen molar-refractivity contribution in [1.82, 2.24) is 0 Å². The Morgan fingerprint density at radius 3 is 0.941 bits per heavy atom. The molecular formula is C12H2F20O2. The molecule has 0 aromatic heterocycles. The first-order chi connectivity index (χ1) is 14.3. The van der Waals surface area contributed by atoms with E-state index in [9.17, 15) is 92.6 Å². The molecule has 1 N–H and O–H groups in total. The largest absolute Gasteiger partial charge is 0.478 e. The molecular weight excluding hydrogens is 556 g/mol. The molecule has 0 radical (unpaired) electrons. The highest BCUT2D eigenvalue weighted by Gasteiger charge is 2.96. The van der Waals surface area contributed by atoms with Crippen molar-refractivity contribution in [3.8, 4) is 0 Å². The molecule has 0 aliphatic heterocycles. The molecule has 0 saturated heterocycles. The van der Waals surface area contributed by atoms with Crippen LogP contribution in [-0.2, 0) is 4.79 Å². The van der Waals surface area contributed by atoms with Crippen molar-refractivity contribution >= 4 is 5.97 Å². The van der Waals surface area contributed by atoms with Gasteiger partial charge in [0, 0.05) is 0 Å². The summed E-state index contributed by atoms with van der Waals surface area (Å²) in [5, 5.41) is 7.85. The Balaban J connectivity index is 7.04. The van der Waals surface area contributed by atoms with Crippen LogP contribution in [0.1, 0.15) is 0 Å². The molecule has 202 valence electrons. The predicted molar refractivity (Wildman–Crippen MR) is 62.5 cm³/mol. The highest BCUT2D eigenvalue weighted by Crippen LogP contribution is 2.65. The SMILES string of the molecule is O=C(O)/C=C(\F)C(F)(F)C(F)(F)C(F)(F)C(F)(F)C(F)(F)C(F)(F)C(F)(F)C(F)(F)C(F)(F)F. The molecule has 34 heavy (non-hydrogen) atoms. The van der Waals surface area contributed by atoms with Gasteiger partial charge in [0.25, 0.3) is 0 Å². The second kappa shape index (κ2) is 7.92. The minimum atomic E-state index is -9.13. The van der Waals surface area contributed by atoms with Crippen molar-refractivity contribution in [2.24, 2.45) is 0 Å². The lowest BCUT2D eigenvalue weighted by Crippen LogP contribution is -2.75. The molecule has 0 heterocycles. The Morgan fingerprint density at radius 2 is 0.706 bits per heavy atom. The van der Waals surface area contributed by atoms with Crippen LogP contribution in [0.25, 0.3) is 0 Å². The Labute approximate surface area is 170 Å². The number of hydrogen-bond acceptors (Lipinski definition) is 1. The second-order valence-corrected chi connectivity index (χ2v) is 5.92. The lowest BCUT2D eigenvalue weighted by atomic mass is 9.87. The first kappa shape index (κ1) is 31.8. The van der Waals surface area contributed by atoms with Crippen LogP contribution in [0.3, 0.4) is 0 Å². The van der Waals surface area contributed by atoms with E-state index < -0.39 is 71.4 Å². The van der Waals surface area contributed by atoms with Gasteiger partial charge in [-0.1, -0.05) is 0 Å². The second-order valence-electron chi connectivity index (χ2n) is 5.92. The van der Waals surface area contributed by atoms with Gasteiger partial charge in [-0.3, -0.25) is 0 Å². The molecule has 0 spiro atoms. The molecule has 0 rings (SSSR count). The van der Waals surface area contributed by atoms with Gasteiger partial charge >= 0.3 is 59.5 Å². The normalized spacial score (nSPS) is 16.6. The van der Waals surface area contributed by atoms with Gasteiger partial charge < -0.3 is 5.11 Å². The average Bonchev–Trinajstić information content (AvgIpc) is 2.58. The fourth-order valence-corrected chi connectivity index (χ4v) is 1.71. The van der Waals surface area contributed by atoms with Gasteiger partial charge in [0.2, 0.25) is 0 Å². The van der Waals surface area contributed by atoms with Gasteiger partial charge in [0.15, 0.2) is 5.83 Å². The third kappa shape index (κ3) is 3.88. The van der Waals surface area contributed by atoms with E-state index in [0.29, 0.717) is 0 Å². The number of halogens is 20. The molecule has 0 aromatic carbocycles. The maximum absolute atomic E-state index is 13.3. The maximum atomic E-state index is 13.3. The van der Waals surface area contributed by atoms with Gasteiger partial charge in [-0.05, 0) is 0 Å². The summed E-state index contributed by atoms with van der Waals surface area (Å²) in [6.45, 7) is 0. The van der Waals surface area contributed by atoms with Gasteiger partial charge in [0.05, 0.1) is 6.08 Å². The number of hydrogen-bond donors (Lipinski definition) is 1. The maximum Gasteiger partial charge on any atom is 0.460 e. The molecule has 0 aliphatic carbocycles. The molecule has 0 amide bonds. The summed E-state index contributed by atoms with van der Waals surface area (Å²) in [4.78, 5) is 9.91. The topological polar surface area (TPSA) is 37.3 Å². The zero-order valence-corrected chi connectivity index (χ0v) is 14.5. The van der Waals surface area contributed by atoms with E-state index >= 15 is 0 Å². The van der Waals surface area contributed by atoms with Gasteiger partial charge in [-0.2, -0.15) is 83.4 Å². The van der Waals surface area contributed by atoms with E-state index in [-0.39, 0.29) is 0 Å². The van der Waals surface area contributed by atoms with Crippen LogP contribution in [0.2, 0.25) is 0 Å². The minimum absolute atomic E-state index is 1.76. The molecule has 0 unspecified atom stereocenters. The molecule has 0 saturated carbocycles. The van der Waals surface area contributed by atoms with E-state index in [1.54, 1.807) is 0 Å². The summed E-state index contributed by atoms with van der Waals surface area (Å²) >= 11 is 0. The molecule has 22 heteroatoms. The smallest absolute Gasteiger partial charge is 0.460 e. The molecule has 0 aromatic rings. The van der Waals surface area contributed by atoms with Crippen LogP contribution in [0.15, 0.2) is 11.9 Å². The summed E-state index contributed by atoms with van der Waals surface area (Å²) in [6.07, 6.45) is -9.75. The minimum Gasteiger partial charge on any atom is -0.478 e. The van der Waals surface area contributed by atoms with Crippen LogP contribution in [0.4, 0.5) is 87.8 Å².